The highest BCUT2D eigenvalue weighted by Crippen LogP contribution is 2.56. The summed E-state index contributed by atoms with van der Waals surface area (Å²) in [7, 11) is 1.62. The summed E-state index contributed by atoms with van der Waals surface area (Å²) in [6.07, 6.45) is 2.63. The molecule has 0 aromatic heterocycles. The smallest absolute Gasteiger partial charge is 0.228 e. The van der Waals surface area contributed by atoms with E-state index in [2.05, 4.69) is 5.32 Å². The first-order valence-corrected chi connectivity index (χ1v) is 10.3. The molecule has 0 aliphatic carbocycles. The number of rotatable bonds is 3. The third kappa shape index (κ3) is 3.26. The van der Waals surface area contributed by atoms with E-state index >= 15 is 0 Å². The number of nitrogens with one attached hydrogen (secondary N) is 1. The summed E-state index contributed by atoms with van der Waals surface area (Å²) < 4.78 is 5.24. The Labute approximate surface area is 171 Å². The zero-order valence-corrected chi connectivity index (χ0v) is 17.2. The standard InChI is InChI=1S/C22H29N3O4/c1-16(26)25-14-21(22(15-25)6-9-23-20(22)28)7-10-24(11-8-21)19(27)13-17-4-3-5-18(12-17)29-2/h3-5,12H,6-11,13-15H2,1-2H3,(H,23,28)/t22-/m1/s1. The van der Waals surface area contributed by atoms with Gasteiger partial charge in [0.15, 0.2) is 0 Å². The predicted molar refractivity (Wildman–Crippen MR) is 107 cm³/mol. The number of nitrogens with zero attached hydrogens (tertiary/aromatic N) is 2. The molecule has 3 aliphatic heterocycles. The zero-order chi connectivity index (χ0) is 20.6. The molecule has 0 bridgehead atoms. The minimum Gasteiger partial charge on any atom is -0.497 e. The van der Waals surface area contributed by atoms with Crippen LogP contribution in [0.3, 0.4) is 0 Å². The summed E-state index contributed by atoms with van der Waals surface area (Å²) in [4.78, 5) is 41.5. The number of piperidine rings is 1. The molecule has 29 heavy (non-hydrogen) atoms. The fourth-order valence-corrected chi connectivity index (χ4v) is 5.51. The molecule has 3 aliphatic rings. The Hall–Kier alpha value is -2.57. The van der Waals surface area contributed by atoms with Gasteiger partial charge < -0.3 is 19.9 Å². The van der Waals surface area contributed by atoms with Crippen LogP contribution in [0.2, 0.25) is 0 Å². The van der Waals surface area contributed by atoms with Crippen LogP contribution in [0.4, 0.5) is 0 Å². The Balaban J connectivity index is 1.46. The van der Waals surface area contributed by atoms with E-state index in [0.29, 0.717) is 39.1 Å². The van der Waals surface area contributed by atoms with E-state index in [4.69, 9.17) is 4.74 Å². The highest BCUT2D eigenvalue weighted by molar-refractivity contribution is 5.88. The topological polar surface area (TPSA) is 79.0 Å². The molecule has 0 unspecified atom stereocenters. The van der Waals surface area contributed by atoms with Crippen LogP contribution in [0.25, 0.3) is 0 Å². The lowest BCUT2D eigenvalue weighted by Gasteiger charge is -2.46. The van der Waals surface area contributed by atoms with Crippen molar-refractivity contribution in [2.24, 2.45) is 10.8 Å². The van der Waals surface area contributed by atoms with Crippen molar-refractivity contribution in [2.75, 3.05) is 39.8 Å². The molecule has 3 saturated heterocycles. The van der Waals surface area contributed by atoms with Gasteiger partial charge >= 0.3 is 0 Å². The Morgan fingerprint density at radius 2 is 1.90 bits per heavy atom. The quantitative estimate of drug-likeness (QED) is 0.829. The fourth-order valence-electron chi connectivity index (χ4n) is 5.51. The van der Waals surface area contributed by atoms with Gasteiger partial charge in [0.25, 0.3) is 0 Å². The number of hydrogen-bond donors (Lipinski definition) is 1. The molecule has 1 aromatic rings. The van der Waals surface area contributed by atoms with Gasteiger partial charge in [0.1, 0.15) is 5.75 Å². The van der Waals surface area contributed by atoms with Crippen LogP contribution in [0.15, 0.2) is 24.3 Å². The van der Waals surface area contributed by atoms with E-state index in [0.717, 1.165) is 30.6 Å². The number of methoxy groups -OCH3 is 1. The summed E-state index contributed by atoms with van der Waals surface area (Å²) in [6, 6.07) is 7.59. The summed E-state index contributed by atoms with van der Waals surface area (Å²) in [5.74, 6) is 0.951. The van der Waals surface area contributed by atoms with Gasteiger partial charge in [0.2, 0.25) is 17.7 Å². The van der Waals surface area contributed by atoms with E-state index in [-0.39, 0.29) is 23.1 Å². The second kappa shape index (κ2) is 7.35. The number of hydrogen-bond acceptors (Lipinski definition) is 4. The van der Waals surface area contributed by atoms with E-state index in [9.17, 15) is 14.4 Å². The molecule has 2 spiro atoms. The first-order chi connectivity index (χ1) is 13.9. The monoisotopic (exact) mass is 399 g/mol. The third-order valence-corrected chi connectivity index (χ3v) is 7.25. The van der Waals surface area contributed by atoms with Gasteiger partial charge in [0, 0.05) is 45.1 Å². The van der Waals surface area contributed by atoms with Crippen molar-refractivity contribution in [2.45, 2.75) is 32.6 Å². The van der Waals surface area contributed by atoms with Crippen LogP contribution >= 0.6 is 0 Å². The van der Waals surface area contributed by atoms with E-state index in [1.54, 1.807) is 14.0 Å². The van der Waals surface area contributed by atoms with Crippen molar-refractivity contribution in [1.82, 2.24) is 15.1 Å². The van der Waals surface area contributed by atoms with Gasteiger partial charge in [-0.2, -0.15) is 0 Å². The van der Waals surface area contributed by atoms with Gasteiger partial charge in [-0.1, -0.05) is 12.1 Å². The molecule has 7 nitrogen and oxygen atoms in total. The highest BCUT2D eigenvalue weighted by atomic mass is 16.5. The SMILES string of the molecule is COc1cccc(CC(=O)N2CCC3(CC2)CN(C(C)=O)C[C@@]32CCNC2=O)c1. The van der Waals surface area contributed by atoms with E-state index < -0.39 is 5.41 Å². The van der Waals surface area contributed by atoms with Crippen molar-refractivity contribution >= 4 is 17.7 Å². The number of ether oxygens (including phenoxy) is 1. The van der Waals surface area contributed by atoms with Gasteiger partial charge in [-0.3, -0.25) is 14.4 Å². The molecule has 3 amide bonds. The maximum absolute atomic E-state index is 12.9. The molecule has 1 aromatic carbocycles. The second-order valence-corrected chi connectivity index (χ2v) is 8.65. The molecule has 1 atom stereocenters. The number of carbonyl (C=O) groups is 3. The van der Waals surface area contributed by atoms with Crippen molar-refractivity contribution < 1.29 is 19.1 Å². The number of fused-ring (bicyclic) bond motifs is 1. The molecule has 3 heterocycles. The first-order valence-electron chi connectivity index (χ1n) is 10.3. The van der Waals surface area contributed by atoms with Gasteiger partial charge in [-0.15, -0.1) is 0 Å². The fraction of sp³-hybridized carbons (Fsp3) is 0.591. The molecule has 1 N–H and O–H groups in total. The van der Waals surface area contributed by atoms with Crippen molar-refractivity contribution in [3.63, 3.8) is 0 Å². The van der Waals surface area contributed by atoms with Crippen LogP contribution in [-0.2, 0) is 20.8 Å². The van der Waals surface area contributed by atoms with Crippen molar-refractivity contribution in [3.05, 3.63) is 29.8 Å². The highest BCUT2D eigenvalue weighted by Gasteiger charge is 2.64. The van der Waals surface area contributed by atoms with Crippen LogP contribution < -0.4 is 10.1 Å². The van der Waals surface area contributed by atoms with Crippen LogP contribution in [-0.4, -0.2) is 67.4 Å². The lowest BCUT2D eigenvalue weighted by atomic mass is 9.60. The normalized spacial score (nSPS) is 25.5. The van der Waals surface area contributed by atoms with Crippen LogP contribution in [0, 0.1) is 10.8 Å². The lowest BCUT2D eigenvalue weighted by Crippen LogP contribution is -2.53. The number of carbonyl (C=O) groups excluding carboxylic acids is 3. The number of amides is 3. The molecule has 3 fully saturated rings. The zero-order valence-electron chi connectivity index (χ0n) is 17.2. The van der Waals surface area contributed by atoms with Crippen molar-refractivity contribution in [3.8, 4) is 5.75 Å². The second-order valence-electron chi connectivity index (χ2n) is 8.65. The maximum atomic E-state index is 12.9. The Morgan fingerprint density at radius 1 is 1.14 bits per heavy atom. The summed E-state index contributed by atoms with van der Waals surface area (Å²) in [5.41, 5.74) is 0.206. The molecule has 4 rings (SSSR count). The minimum atomic E-state index is -0.499. The van der Waals surface area contributed by atoms with E-state index in [1.165, 1.54) is 0 Å². The summed E-state index contributed by atoms with van der Waals surface area (Å²) in [6.45, 7) is 4.63. The first kappa shape index (κ1) is 19.7. The molecular formula is C22H29N3O4. The van der Waals surface area contributed by atoms with Crippen molar-refractivity contribution in [1.29, 1.82) is 0 Å². The number of benzene rings is 1. The Morgan fingerprint density at radius 3 is 2.52 bits per heavy atom. The largest absolute Gasteiger partial charge is 0.497 e. The van der Waals surface area contributed by atoms with Gasteiger partial charge in [-0.05, 0) is 37.0 Å². The van der Waals surface area contributed by atoms with Gasteiger partial charge in [0.05, 0.1) is 18.9 Å². The Bertz CT molecular complexity index is 831. The third-order valence-electron chi connectivity index (χ3n) is 7.25. The van der Waals surface area contributed by atoms with E-state index in [1.807, 2.05) is 34.1 Å². The molecular weight excluding hydrogens is 370 g/mol. The minimum absolute atomic E-state index is 0.0254. The Kier molecular flexibility index (Phi) is 5.00. The molecule has 0 radical (unpaired) electrons. The molecule has 0 saturated carbocycles. The van der Waals surface area contributed by atoms with Crippen LogP contribution in [0.5, 0.6) is 5.75 Å². The molecule has 7 heteroatoms. The summed E-state index contributed by atoms with van der Waals surface area (Å²) in [5, 5.41) is 2.99. The van der Waals surface area contributed by atoms with Crippen LogP contribution in [0.1, 0.15) is 31.7 Å². The van der Waals surface area contributed by atoms with Gasteiger partial charge in [-0.25, -0.2) is 0 Å². The average molecular weight is 399 g/mol. The number of likely N-dealkylation sites (tertiary alicyclic amines) is 2. The maximum Gasteiger partial charge on any atom is 0.228 e. The predicted octanol–water partition coefficient (Wildman–Crippen LogP) is 1.21. The lowest BCUT2D eigenvalue weighted by molar-refractivity contribution is -0.138. The molecule has 156 valence electrons. The average Bonchev–Trinajstić information content (AvgIpc) is 3.24. The summed E-state index contributed by atoms with van der Waals surface area (Å²) >= 11 is 0.